The highest BCUT2D eigenvalue weighted by Crippen LogP contribution is 2.24. The lowest BCUT2D eigenvalue weighted by Crippen LogP contribution is -2.22. The number of ether oxygens (including phenoxy) is 2. The Labute approximate surface area is 113 Å². The first-order valence-corrected chi connectivity index (χ1v) is 6.44. The normalized spacial score (nSPS) is 11.7. The summed E-state index contributed by atoms with van der Waals surface area (Å²) in [6, 6.07) is 11.1. The lowest BCUT2D eigenvalue weighted by molar-refractivity contribution is -0.0162. The molecule has 0 aromatic heterocycles. The van der Waals surface area contributed by atoms with Crippen LogP contribution < -0.4 is 4.74 Å². The average molecular weight is 260 g/mol. The van der Waals surface area contributed by atoms with E-state index in [4.69, 9.17) is 9.47 Å². The van der Waals surface area contributed by atoms with Gasteiger partial charge in [-0.1, -0.05) is 12.1 Å². The van der Waals surface area contributed by atoms with Crippen molar-refractivity contribution in [3.05, 3.63) is 36.4 Å². The average Bonchev–Trinajstić information content (AvgIpc) is 2.33. The fourth-order valence-electron chi connectivity index (χ4n) is 1.81. The summed E-state index contributed by atoms with van der Waals surface area (Å²) in [5.41, 5.74) is -0.140. The largest absolute Gasteiger partial charge is 0.508 e. The van der Waals surface area contributed by atoms with E-state index >= 15 is 0 Å². The number of phenolic OH excluding ortho intramolecular Hbond substituents is 1. The molecule has 0 heterocycles. The van der Waals surface area contributed by atoms with Crippen molar-refractivity contribution in [1.29, 1.82) is 0 Å². The molecule has 3 nitrogen and oxygen atoms in total. The van der Waals surface area contributed by atoms with Gasteiger partial charge >= 0.3 is 0 Å². The summed E-state index contributed by atoms with van der Waals surface area (Å²) in [6.45, 7) is 7.13. The summed E-state index contributed by atoms with van der Waals surface area (Å²) >= 11 is 0. The van der Waals surface area contributed by atoms with Gasteiger partial charge in [-0.25, -0.2) is 0 Å². The second-order valence-corrected chi connectivity index (χ2v) is 5.50. The van der Waals surface area contributed by atoms with Crippen molar-refractivity contribution in [1.82, 2.24) is 0 Å². The first-order chi connectivity index (χ1) is 8.94. The summed E-state index contributed by atoms with van der Waals surface area (Å²) in [5, 5.41) is 11.5. The van der Waals surface area contributed by atoms with Crippen LogP contribution in [0.1, 0.15) is 20.8 Å². The first-order valence-electron chi connectivity index (χ1n) is 6.44. The molecule has 0 radical (unpaired) electrons. The number of fused-ring (bicyclic) bond motifs is 1. The van der Waals surface area contributed by atoms with Gasteiger partial charge in [0.25, 0.3) is 0 Å². The fourth-order valence-corrected chi connectivity index (χ4v) is 1.81. The van der Waals surface area contributed by atoms with Gasteiger partial charge in [0.05, 0.1) is 12.2 Å². The van der Waals surface area contributed by atoms with Crippen LogP contribution in [0.15, 0.2) is 36.4 Å². The van der Waals surface area contributed by atoms with Crippen LogP contribution in [-0.4, -0.2) is 23.9 Å². The number of benzene rings is 2. The second kappa shape index (κ2) is 5.49. The molecule has 0 saturated carbocycles. The Kier molecular flexibility index (Phi) is 3.96. The highest BCUT2D eigenvalue weighted by Gasteiger charge is 2.09. The van der Waals surface area contributed by atoms with Crippen molar-refractivity contribution in [3.8, 4) is 11.5 Å². The van der Waals surface area contributed by atoms with Crippen molar-refractivity contribution in [2.75, 3.05) is 13.2 Å². The van der Waals surface area contributed by atoms with E-state index < -0.39 is 0 Å². The van der Waals surface area contributed by atoms with Crippen LogP contribution >= 0.6 is 0 Å². The molecule has 2 aromatic carbocycles. The Bertz CT molecular complexity index is 555. The predicted octanol–water partition coefficient (Wildman–Crippen LogP) is 3.74. The molecular formula is C16H20O3. The lowest BCUT2D eigenvalue weighted by atomic mass is 10.1. The first kappa shape index (κ1) is 13.7. The summed E-state index contributed by atoms with van der Waals surface area (Å²) in [4.78, 5) is 0. The zero-order valence-electron chi connectivity index (χ0n) is 11.6. The van der Waals surface area contributed by atoms with Gasteiger partial charge in [0.15, 0.2) is 0 Å². The quantitative estimate of drug-likeness (QED) is 0.851. The van der Waals surface area contributed by atoms with Crippen LogP contribution in [0.5, 0.6) is 11.5 Å². The van der Waals surface area contributed by atoms with E-state index in [1.54, 1.807) is 12.1 Å². The summed E-state index contributed by atoms with van der Waals surface area (Å²) in [5.74, 6) is 1.05. The van der Waals surface area contributed by atoms with Gasteiger partial charge in [-0.3, -0.25) is 0 Å². The summed E-state index contributed by atoms with van der Waals surface area (Å²) in [7, 11) is 0. The molecule has 0 spiro atoms. The maximum atomic E-state index is 9.46. The van der Waals surface area contributed by atoms with E-state index in [-0.39, 0.29) is 11.4 Å². The van der Waals surface area contributed by atoms with Crippen molar-refractivity contribution in [2.24, 2.45) is 0 Å². The Morgan fingerprint density at radius 2 is 1.68 bits per heavy atom. The smallest absolute Gasteiger partial charge is 0.120 e. The SMILES string of the molecule is CC(C)(C)OCCOc1ccc2ccc(O)cc2c1. The maximum absolute atomic E-state index is 9.46. The van der Waals surface area contributed by atoms with E-state index in [0.717, 1.165) is 16.5 Å². The molecule has 1 N–H and O–H groups in total. The molecule has 19 heavy (non-hydrogen) atoms. The van der Waals surface area contributed by atoms with E-state index in [9.17, 15) is 5.11 Å². The van der Waals surface area contributed by atoms with Gasteiger partial charge in [-0.2, -0.15) is 0 Å². The summed E-state index contributed by atoms with van der Waals surface area (Å²) < 4.78 is 11.2. The second-order valence-electron chi connectivity index (χ2n) is 5.50. The maximum Gasteiger partial charge on any atom is 0.120 e. The molecule has 0 atom stereocenters. The van der Waals surface area contributed by atoms with Crippen LogP contribution in [-0.2, 0) is 4.74 Å². The third kappa shape index (κ3) is 4.14. The van der Waals surface area contributed by atoms with Crippen LogP contribution in [0.3, 0.4) is 0 Å². The highest BCUT2D eigenvalue weighted by atomic mass is 16.5. The minimum atomic E-state index is -0.140. The molecule has 0 saturated heterocycles. The number of aromatic hydroxyl groups is 1. The number of hydrogen-bond donors (Lipinski definition) is 1. The fraction of sp³-hybridized carbons (Fsp3) is 0.375. The van der Waals surface area contributed by atoms with Crippen LogP contribution in [0, 0.1) is 0 Å². The Morgan fingerprint density at radius 1 is 0.947 bits per heavy atom. The van der Waals surface area contributed by atoms with Crippen molar-refractivity contribution < 1.29 is 14.6 Å². The molecule has 3 heteroatoms. The van der Waals surface area contributed by atoms with Gasteiger partial charge in [-0.15, -0.1) is 0 Å². The number of rotatable bonds is 4. The van der Waals surface area contributed by atoms with Crippen molar-refractivity contribution in [2.45, 2.75) is 26.4 Å². The van der Waals surface area contributed by atoms with Gasteiger partial charge < -0.3 is 14.6 Å². The van der Waals surface area contributed by atoms with Gasteiger partial charge in [-0.05, 0) is 55.8 Å². The molecular weight excluding hydrogens is 240 g/mol. The van der Waals surface area contributed by atoms with E-state index in [2.05, 4.69) is 0 Å². The van der Waals surface area contributed by atoms with Crippen LogP contribution in [0.4, 0.5) is 0 Å². The topological polar surface area (TPSA) is 38.7 Å². The van der Waals surface area contributed by atoms with E-state index in [0.29, 0.717) is 13.2 Å². The third-order valence-corrected chi connectivity index (χ3v) is 2.68. The summed E-state index contributed by atoms with van der Waals surface area (Å²) in [6.07, 6.45) is 0. The van der Waals surface area contributed by atoms with Gasteiger partial charge in [0.2, 0.25) is 0 Å². The van der Waals surface area contributed by atoms with Crippen molar-refractivity contribution in [3.63, 3.8) is 0 Å². The minimum Gasteiger partial charge on any atom is -0.508 e. The molecule has 0 fully saturated rings. The molecule has 0 unspecified atom stereocenters. The molecule has 102 valence electrons. The standard InChI is InChI=1S/C16H20O3/c1-16(2,3)19-9-8-18-15-7-5-12-4-6-14(17)10-13(12)11-15/h4-7,10-11,17H,8-9H2,1-3H3. The number of phenols is 1. The zero-order valence-corrected chi connectivity index (χ0v) is 11.6. The minimum absolute atomic E-state index is 0.140. The molecule has 0 aliphatic rings. The third-order valence-electron chi connectivity index (χ3n) is 2.68. The molecule has 0 aliphatic carbocycles. The molecule has 0 aliphatic heterocycles. The Morgan fingerprint density at radius 3 is 2.42 bits per heavy atom. The molecule has 0 bridgehead atoms. The Balaban J connectivity index is 1.97. The molecule has 2 aromatic rings. The monoisotopic (exact) mass is 260 g/mol. The zero-order chi connectivity index (χ0) is 13.9. The molecule has 0 amide bonds. The van der Waals surface area contributed by atoms with Crippen LogP contribution in [0.2, 0.25) is 0 Å². The predicted molar refractivity (Wildman–Crippen MR) is 76.8 cm³/mol. The van der Waals surface area contributed by atoms with E-state index in [1.165, 1.54) is 0 Å². The lowest BCUT2D eigenvalue weighted by Gasteiger charge is -2.19. The Hall–Kier alpha value is -1.74. The van der Waals surface area contributed by atoms with Gasteiger partial charge in [0, 0.05) is 0 Å². The van der Waals surface area contributed by atoms with Crippen molar-refractivity contribution >= 4 is 10.8 Å². The van der Waals surface area contributed by atoms with Gasteiger partial charge in [0.1, 0.15) is 18.1 Å². The highest BCUT2D eigenvalue weighted by molar-refractivity contribution is 5.85. The van der Waals surface area contributed by atoms with E-state index in [1.807, 2.05) is 45.0 Å². The molecule has 2 rings (SSSR count). The number of hydrogen-bond acceptors (Lipinski definition) is 3. The van der Waals surface area contributed by atoms with Crippen LogP contribution in [0.25, 0.3) is 10.8 Å².